The molecule has 0 aliphatic carbocycles. The summed E-state index contributed by atoms with van der Waals surface area (Å²) in [7, 11) is 0. The van der Waals surface area contributed by atoms with Crippen molar-refractivity contribution >= 4 is 39.9 Å². The summed E-state index contributed by atoms with van der Waals surface area (Å²) in [6, 6.07) is 0. The number of nitrogen functional groups attached to an aromatic ring is 2. The van der Waals surface area contributed by atoms with Crippen molar-refractivity contribution < 1.29 is 20.1 Å². The zero-order valence-electron chi connectivity index (χ0n) is 11.8. The number of nitrogens with zero attached hydrogens (tertiary/aromatic N) is 3. The number of anilines is 2. The first kappa shape index (κ1) is 15.8. The summed E-state index contributed by atoms with van der Waals surface area (Å²) in [6.07, 6.45) is -3.44. The predicted octanol–water partition coefficient (Wildman–Crippen LogP) is -2.16. The Morgan fingerprint density at radius 1 is 1.30 bits per heavy atom. The molecule has 0 bridgehead atoms. The number of fused-ring (bicyclic) bond motifs is 1. The average molecular weight is 340 g/mol. The minimum Gasteiger partial charge on any atom is -0.394 e. The standard InChI is InChI=1S/C12H16N6O4S/c13-8-4-5(10(15)23)9(14)18(11(4)17-2-16-8)12-7(21)6(20)3(1-19)22-12/h2-3,6-7,12,19-21H,1,14H2,(H2,15,23)(H2,13,16,17)/t3-,6+,7-,12-/m0/s1. The highest BCUT2D eigenvalue weighted by atomic mass is 32.1. The van der Waals surface area contributed by atoms with Gasteiger partial charge in [-0.2, -0.15) is 0 Å². The van der Waals surface area contributed by atoms with Crippen LogP contribution in [0.4, 0.5) is 11.6 Å². The molecule has 0 radical (unpaired) electrons. The molecule has 1 saturated heterocycles. The van der Waals surface area contributed by atoms with E-state index in [1.165, 1.54) is 10.9 Å². The number of thiocarbonyl (C=S) groups is 1. The molecule has 10 nitrogen and oxygen atoms in total. The van der Waals surface area contributed by atoms with E-state index in [1.54, 1.807) is 0 Å². The normalized spacial score (nSPS) is 27.6. The monoisotopic (exact) mass is 340 g/mol. The van der Waals surface area contributed by atoms with Crippen LogP contribution in [0.15, 0.2) is 6.33 Å². The first-order valence-corrected chi connectivity index (χ1v) is 7.11. The van der Waals surface area contributed by atoms with Gasteiger partial charge in [-0.25, -0.2) is 9.97 Å². The quantitative estimate of drug-likeness (QED) is 0.337. The highest BCUT2D eigenvalue weighted by molar-refractivity contribution is 7.80. The van der Waals surface area contributed by atoms with Crippen LogP contribution in [0.25, 0.3) is 11.0 Å². The molecule has 0 saturated carbocycles. The molecular formula is C12H16N6O4S. The highest BCUT2D eigenvalue weighted by Gasteiger charge is 2.45. The number of hydrogen-bond donors (Lipinski definition) is 6. The molecule has 0 spiro atoms. The number of ether oxygens (including phenoxy) is 1. The van der Waals surface area contributed by atoms with Gasteiger partial charge in [-0.15, -0.1) is 0 Å². The Balaban J connectivity index is 2.25. The van der Waals surface area contributed by atoms with E-state index >= 15 is 0 Å². The van der Waals surface area contributed by atoms with Crippen LogP contribution in [0.2, 0.25) is 0 Å². The van der Waals surface area contributed by atoms with Crippen molar-refractivity contribution in [1.29, 1.82) is 0 Å². The SMILES string of the molecule is NC(=S)c1c(N)n([C@H]2O[C@@H](CO)[C@@H](O)[C@@H]2O)c2ncnc(N)c12. The van der Waals surface area contributed by atoms with Gasteiger partial charge in [0.15, 0.2) is 6.23 Å². The van der Waals surface area contributed by atoms with E-state index in [9.17, 15) is 15.3 Å². The lowest BCUT2D eigenvalue weighted by Gasteiger charge is -2.19. The Kier molecular flexibility index (Phi) is 3.82. The number of aliphatic hydroxyl groups excluding tert-OH is 3. The summed E-state index contributed by atoms with van der Waals surface area (Å²) in [4.78, 5) is 7.97. The molecular weight excluding hydrogens is 324 g/mol. The van der Waals surface area contributed by atoms with Gasteiger partial charge in [-0.05, 0) is 0 Å². The van der Waals surface area contributed by atoms with Gasteiger partial charge < -0.3 is 37.3 Å². The van der Waals surface area contributed by atoms with Gasteiger partial charge >= 0.3 is 0 Å². The number of aromatic nitrogens is 3. The Morgan fingerprint density at radius 3 is 2.57 bits per heavy atom. The van der Waals surface area contributed by atoms with Crippen molar-refractivity contribution in [1.82, 2.24) is 14.5 Å². The van der Waals surface area contributed by atoms with Gasteiger partial charge in [-0.1, -0.05) is 12.2 Å². The zero-order valence-corrected chi connectivity index (χ0v) is 12.6. The van der Waals surface area contributed by atoms with Crippen LogP contribution in [0.3, 0.4) is 0 Å². The second kappa shape index (κ2) is 5.54. The molecule has 2 aromatic heterocycles. The molecule has 2 aromatic rings. The molecule has 0 unspecified atom stereocenters. The summed E-state index contributed by atoms with van der Waals surface area (Å²) < 4.78 is 6.83. The Bertz CT molecular complexity index is 780. The van der Waals surface area contributed by atoms with Gasteiger partial charge in [0, 0.05) is 0 Å². The highest BCUT2D eigenvalue weighted by Crippen LogP contribution is 2.38. The zero-order chi connectivity index (χ0) is 16.9. The van der Waals surface area contributed by atoms with E-state index in [4.69, 9.17) is 34.2 Å². The van der Waals surface area contributed by atoms with Crippen LogP contribution in [-0.2, 0) is 4.74 Å². The first-order valence-electron chi connectivity index (χ1n) is 6.70. The number of rotatable bonds is 3. The Labute approximate surface area is 135 Å². The third-order valence-corrected chi connectivity index (χ3v) is 4.07. The largest absolute Gasteiger partial charge is 0.394 e. The molecule has 1 fully saturated rings. The van der Waals surface area contributed by atoms with Crippen molar-refractivity contribution in [2.45, 2.75) is 24.5 Å². The molecule has 0 amide bonds. The fraction of sp³-hybridized carbons (Fsp3) is 0.417. The maximum Gasteiger partial charge on any atom is 0.166 e. The van der Waals surface area contributed by atoms with Crippen LogP contribution in [0.1, 0.15) is 11.8 Å². The van der Waals surface area contributed by atoms with Crippen LogP contribution < -0.4 is 17.2 Å². The predicted molar refractivity (Wildman–Crippen MR) is 85.2 cm³/mol. The van der Waals surface area contributed by atoms with Crippen LogP contribution >= 0.6 is 12.2 Å². The summed E-state index contributed by atoms with van der Waals surface area (Å²) >= 11 is 5.00. The van der Waals surface area contributed by atoms with Crippen molar-refractivity contribution in [3.63, 3.8) is 0 Å². The van der Waals surface area contributed by atoms with Crippen LogP contribution in [-0.4, -0.2) is 59.8 Å². The van der Waals surface area contributed by atoms with E-state index in [-0.39, 0.29) is 27.8 Å². The van der Waals surface area contributed by atoms with E-state index < -0.39 is 31.1 Å². The minimum absolute atomic E-state index is 0.0144. The van der Waals surface area contributed by atoms with Gasteiger partial charge in [0.25, 0.3) is 0 Å². The van der Waals surface area contributed by atoms with E-state index in [0.717, 1.165) is 0 Å². The fourth-order valence-corrected chi connectivity index (χ4v) is 2.98. The summed E-state index contributed by atoms with van der Waals surface area (Å²) in [5, 5.41) is 29.7. The second-order valence-corrected chi connectivity index (χ2v) is 5.62. The number of hydrogen-bond acceptors (Lipinski definition) is 9. The van der Waals surface area contributed by atoms with E-state index in [0.29, 0.717) is 5.39 Å². The maximum atomic E-state index is 10.2. The topological polar surface area (TPSA) is 179 Å². The lowest BCUT2D eigenvalue weighted by atomic mass is 10.1. The molecule has 3 rings (SSSR count). The van der Waals surface area contributed by atoms with E-state index in [2.05, 4.69) is 9.97 Å². The van der Waals surface area contributed by atoms with Gasteiger partial charge in [0.05, 0.1) is 17.6 Å². The summed E-state index contributed by atoms with van der Waals surface area (Å²) in [5.74, 6) is 0.199. The third kappa shape index (κ3) is 2.21. The Morgan fingerprint density at radius 2 is 2.00 bits per heavy atom. The van der Waals surface area contributed by atoms with Crippen molar-refractivity contribution in [2.24, 2.45) is 5.73 Å². The van der Waals surface area contributed by atoms with Gasteiger partial charge in [0.1, 0.15) is 46.9 Å². The van der Waals surface area contributed by atoms with Crippen molar-refractivity contribution in [3.05, 3.63) is 11.9 Å². The molecule has 1 aliphatic heterocycles. The molecule has 124 valence electrons. The molecule has 11 heteroatoms. The van der Waals surface area contributed by atoms with E-state index in [1.807, 2.05) is 0 Å². The smallest absolute Gasteiger partial charge is 0.166 e. The summed E-state index contributed by atoms with van der Waals surface area (Å²) in [6.45, 7) is -0.465. The third-order valence-electron chi connectivity index (χ3n) is 3.87. The second-order valence-electron chi connectivity index (χ2n) is 5.18. The number of aliphatic hydroxyl groups is 3. The average Bonchev–Trinajstić information content (AvgIpc) is 2.95. The molecule has 3 heterocycles. The molecule has 1 aliphatic rings. The molecule has 4 atom stereocenters. The van der Waals surface area contributed by atoms with Crippen LogP contribution in [0, 0.1) is 0 Å². The summed E-state index contributed by atoms with van der Waals surface area (Å²) in [5.41, 5.74) is 18.2. The van der Waals surface area contributed by atoms with Crippen molar-refractivity contribution in [3.8, 4) is 0 Å². The molecule has 23 heavy (non-hydrogen) atoms. The maximum absolute atomic E-state index is 10.2. The van der Waals surface area contributed by atoms with Gasteiger partial charge in [-0.3, -0.25) is 4.57 Å². The van der Waals surface area contributed by atoms with Crippen LogP contribution in [0.5, 0.6) is 0 Å². The number of nitrogens with two attached hydrogens (primary N) is 3. The lowest BCUT2D eigenvalue weighted by Crippen LogP contribution is -2.33. The van der Waals surface area contributed by atoms with Crippen molar-refractivity contribution in [2.75, 3.05) is 18.1 Å². The Hall–Kier alpha value is -2.05. The fourth-order valence-electron chi connectivity index (χ4n) is 2.77. The minimum atomic E-state index is -1.33. The van der Waals surface area contributed by atoms with Gasteiger partial charge in [0.2, 0.25) is 0 Å². The first-order chi connectivity index (χ1) is 10.9. The molecule has 9 N–H and O–H groups in total. The molecule has 0 aromatic carbocycles. The lowest BCUT2D eigenvalue weighted by molar-refractivity contribution is -0.0498.